The van der Waals surface area contributed by atoms with Gasteiger partial charge in [0.05, 0.1) is 11.4 Å². The summed E-state index contributed by atoms with van der Waals surface area (Å²) in [4.78, 5) is 0. The summed E-state index contributed by atoms with van der Waals surface area (Å²) in [7, 11) is 2.00. The highest BCUT2D eigenvalue weighted by Crippen LogP contribution is 2.02. The Morgan fingerprint density at radius 2 is 2.12 bits per heavy atom. The lowest BCUT2D eigenvalue weighted by Crippen LogP contribution is -2.31. The van der Waals surface area contributed by atoms with Crippen molar-refractivity contribution >= 4 is 0 Å². The number of aryl methyl sites for hydroxylation is 2. The topological polar surface area (TPSA) is 41.9 Å². The van der Waals surface area contributed by atoms with Crippen molar-refractivity contribution in [3.05, 3.63) is 17.5 Å². The second-order valence-electron chi connectivity index (χ2n) is 4.39. The zero-order chi connectivity index (χ0) is 12.0. The smallest absolute Gasteiger partial charge is 0.0625 e. The van der Waals surface area contributed by atoms with Crippen LogP contribution in [0.4, 0.5) is 0 Å². The molecular formula is C12H24N4. The second kappa shape index (κ2) is 6.66. The molecule has 0 aliphatic carbocycles. The van der Waals surface area contributed by atoms with Gasteiger partial charge in [-0.3, -0.25) is 4.68 Å². The monoisotopic (exact) mass is 224 g/mol. The summed E-state index contributed by atoms with van der Waals surface area (Å²) in [6.07, 6.45) is 1.00. The summed E-state index contributed by atoms with van der Waals surface area (Å²) >= 11 is 0. The lowest BCUT2D eigenvalue weighted by Gasteiger charge is -2.08. The predicted molar refractivity (Wildman–Crippen MR) is 67.4 cm³/mol. The second-order valence-corrected chi connectivity index (χ2v) is 4.39. The number of hydrogen-bond acceptors (Lipinski definition) is 3. The molecule has 0 amide bonds. The van der Waals surface area contributed by atoms with Crippen LogP contribution in [0, 0.1) is 0 Å². The molecule has 2 N–H and O–H groups in total. The van der Waals surface area contributed by atoms with Crippen LogP contribution < -0.4 is 10.6 Å². The van der Waals surface area contributed by atoms with Gasteiger partial charge in [0, 0.05) is 32.7 Å². The summed E-state index contributed by atoms with van der Waals surface area (Å²) in [5.74, 6) is 0. The minimum Gasteiger partial charge on any atom is -0.313 e. The summed E-state index contributed by atoms with van der Waals surface area (Å²) in [6.45, 7) is 9.35. The molecule has 0 aliphatic rings. The SMILES string of the molecule is CCc1cc(CNCCNC(C)C)n(C)n1. The minimum absolute atomic E-state index is 0.560. The quantitative estimate of drug-likeness (QED) is 0.681. The molecule has 0 saturated heterocycles. The fourth-order valence-electron chi connectivity index (χ4n) is 1.58. The number of nitrogens with one attached hydrogen (secondary N) is 2. The van der Waals surface area contributed by atoms with Crippen LogP contribution in [0.2, 0.25) is 0 Å². The molecule has 0 fully saturated rings. The van der Waals surface area contributed by atoms with E-state index in [1.165, 1.54) is 11.4 Å². The molecule has 0 atom stereocenters. The van der Waals surface area contributed by atoms with Crippen molar-refractivity contribution in [1.82, 2.24) is 20.4 Å². The Kier molecular flexibility index (Phi) is 5.49. The van der Waals surface area contributed by atoms with Crippen LogP contribution in [0.5, 0.6) is 0 Å². The third-order valence-electron chi connectivity index (χ3n) is 2.55. The maximum absolute atomic E-state index is 4.42. The molecule has 1 aromatic rings. The maximum Gasteiger partial charge on any atom is 0.0625 e. The van der Waals surface area contributed by atoms with E-state index in [9.17, 15) is 0 Å². The molecule has 0 unspecified atom stereocenters. The predicted octanol–water partition coefficient (Wildman–Crippen LogP) is 1.07. The van der Waals surface area contributed by atoms with Crippen molar-refractivity contribution in [2.45, 2.75) is 39.8 Å². The molecule has 92 valence electrons. The Labute approximate surface area is 98.4 Å². The van der Waals surface area contributed by atoms with Crippen molar-refractivity contribution in [3.8, 4) is 0 Å². The minimum atomic E-state index is 0.560. The van der Waals surface area contributed by atoms with E-state index in [0.29, 0.717) is 6.04 Å². The third kappa shape index (κ3) is 4.33. The largest absolute Gasteiger partial charge is 0.313 e. The standard InChI is InChI=1S/C12H24N4/c1-5-11-8-12(16(4)15-11)9-13-6-7-14-10(2)3/h8,10,13-14H,5-7,9H2,1-4H3. The van der Waals surface area contributed by atoms with Crippen LogP contribution in [-0.2, 0) is 20.0 Å². The average molecular weight is 224 g/mol. The number of rotatable bonds is 7. The van der Waals surface area contributed by atoms with Gasteiger partial charge in [-0.15, -0.1) is 0 Å². The van der Waals surface area contributed by atoms with Gasteiger partial charge in [-0.25, -0.2) is 0 Å². The Morgan fingerprint density at radius 3 is 2.69 bits per heavy atom. The van der Waals surface area contributed by atoms with Gasteiger partial charge >= 0.3 is 0 Å². The Bertz CT molecular complexity index is 304. The molecule has 4 nitrogen and oxygen atoms in total. The molecule has 1 aromatic heterocycles. The van der Waals surface area contributed by atoms with Gasteiger partial charge in [0.25, 0.3) is 0 Å². The molecule has 4 heteroatoms. The lowest BCUT2D eigenvalue weighted by molar-refractivity contribution is 0.546. The molecule has 0 bridgehead atoms. The molecule has 0 aliphatic heterocycles. The van der Waals surface area contributed by atoms with E-state index < -0.39 is 0 Å². The summed E-state index contributed by atoms with van der Waals surface area (Å²) in [5.41, 5.74) is 2.42. The van der Waals surface area contributed by atoms with E-state index in [2.05, 4.69) is 42.6 Å². The van der Waals surface area contributed by atoms with E-state index in [1.807, 2.05) is 11.7 Å². The molecule has 0 radical (unpaired) electrons. The fraction of sp³-hybridized carbons (Fsp3) is 0.750. The van der Waals surface area contributed by atoms with Crippen LogP contribution >= 0.6 is 0 Å². The van der Waals surface area contributed by atoms with Gasteiger partial charge in [-0.05, 0) is 12.5 Å². The maximum atomic E-state index is 4.42. The number of aromatic nitrogens is 2. The van der Waals surface area contributed by atoms with Crippen LogP contribution in [0.1, 0.15) is 32.2 Å². The zero-order valence-corrected chi connectivity index (χ0v) is 10.9. The molecule has 0 aromatic carbocycles. The first kappa shape index (κ1) is 13.2. The van der Waals surface area contributed by atoms with Gasteiger partial charge in [-0.1, -0.05) is 20.8 Å². The normalized spacial score (nSPS) is 11.3. The molecule has 1 heterocycles. The van der Waals surface area contributed by atoms with Gasteiger partial charge < -0.3 is 10.6 Å². The summed E-state index contributed by atoms with van der Waals surface area (Å²) < 4.78 is 1.96. The molecule has 0 saturated carbocycles. The van der Waals surface area contributed by atoms with Gasteiger partial charge in [0.15, 0.2) is 0 Å². The molecule has 16 heavy (non-hydrogen) atoms. The fourth-order valence-corrected chi connectivity index (χ4v) is 1.58. The zero-order valence-electron chi connectivity index (χ0n) is 10.9. The van der Waals surface area contributed by atoms with Crippen molar-refractivity contribution in [2.24, 2.45) is 7.05 Å². The van der Waals surface area contributed by atoms with E-state index >= 15 is 0 Å². The van der Waals surface area contributed by atoms with Crippen LogP contribution in [0.25, 0.3) is 0 Å². The molecule has 0 spiro atoms. The molecule has 1 rings (SSSR count). The van der Waals surface area contributed by atoms with Crippen molar-refractivity contribution in [1.29, 1.82) is 0 Å². The van der Waals surface area contributed by atoms with Crippen LogP contribution in [0.15, 0.2) is 6.07 Å². The third-order valence-corrected chi connectivity index (χ3v) is 2.55. The van der Waals surface area contributed by atoms with Crippen molar-refractivity contribution in [3.63, 3.8) is 0 Å². The summed E-state index contributed by atoms with van der Waals surface area (Å²) in [5, 5.41) is 11.2. The van der Waals surface area contributed by atoms with Gasteiger partial charge in [-0.2, -0.15) is 5.10 Å². The highest BCUT2D eigenvalue weighted by Gasteiger charge is 2.02. The first-order valence-electron chi connectivity index (χ1n) is 6.09. The highest BCUT2D eigenvalue weighted by atomic mass is 15.3. The number of nitrogens with zero attached hydrogens (tertiary/aromatic N) is 2. The van der Waals surface area contributed by atoms with Crippen LogP contribution in [-0.4, -0.2) is 28.9 Å². The van der Waals surface area contributed by atoms with Crippen LogP contribution in [0.3, 0.4) is 0 Å². The first-order valence-corrected chi connectivity index (χ1v) is 6.09. The van der Waals surface area contributed by atoms with E-state index in [1.54, 1.807) is 0 Å². The average Bonchev–Trinajstić information content (AvgIpc) is 2.59. The van der Waals surface area contributed by atoms with Crippen molar-refractivity contribution < 1.29 is 0 Å². The van der Waals surface area contributed by atoms with Gasteiger partial charge in [0.1, 0.15) is 0 Å². The van der Waals surface area contributed by atoms with Gasteiger partial charge in [0.2, 0.25) is 0 Å². The Morgan fingerprint density at radius 1 is 1.38 bits per heavy atom. The Balaban J connectivity index is 2.23. The van der Waals surface area contributed by atoms with Crippen molar-refractivity contribution in [2.75, 3.05) is 13.1 Å². The van der Waals surface area contributed by atoms with E-state index in [-0.39, 0.29) is 0 Å². The van der Waals surface area contributed by atoms with E-state index in [4.69, 9.17) is 0 Å². The number of hydrogen-bond donors (Lipinski definition) is 2. The lowest BCUT2D eigenvalue weighted by atomic mass is 10.3. The first-order chi connectivity index (χ1) is 7.63. The van der Waals surface area contributed by atoms with E-state index in [0.717, 1.165) is 26.1 Å². The molecular weight excluding hydrogens is 200 g/mol. The highest BCUT2D eigenvalue weighted by molar-refractivity contribution is 5.09. The summed E-state index contributed by atoms with van der Waals surface area (Å²) in [6, 6.07) is 2.73. The Hall–Kier alpha value is -0.870.